The molecule has 0 atom stereocenters. The first-order chi connectivity index (χ1) is 10.5. The molecule has 0 radical (unpaired) electrons. The summed E-state index contributed by atoms with van der Waals surface area (Å²) in [6, 6.07) is 10.8. The Morgan fingerprint density at radius 3 is 2.32 bits per heavy atom. The zero-order valence-electron chi connectivity index (χ0n) is 12.0. The van der Waals surface area contributed by atoms with E-state index in [0.717, 1.165) is 15.0 Å². The van der Waals surface area contributed by atoms with Gasteiger partial charge in [0.05, 0.1) is 14.4 Å². The molecule has 0 aliphatic rings. The predicted octanol–water partition coefficient (Wildman–Crippen LogP) is 3.62. The average molecular weight is 380 g/mol. The number of amides is 2. The van der Waals surface area contributed by atoms with E-state index in [1.807, 2.05) is 18.2 Å². The summed E-state index contributed by atoms with van der Waals surface area (Å²) < 4.78 is 0.895. The Morgan fingerprint density at radius 2 is 1.77 bits per heavy atom. The van der Waals surface area contributed by atoms with E-state index < -0.39 is 0 Å². The van der Waals surface area contributed by atoms with E-state index in [1.54, 1.807) is 25.1 Å². The highest BCUT2D eigenvalue weighted by atomic mass is 79.9. The Balaban J connectivity index is 2.02. The smallest absolute Gasteiger partial charge is 0.281 e. The predicted molar refractivity (Wildman–Crippen MR) is 92.4 cm³/mol. The molecule has 1 aromatic heterocycles. The number of hydrogen-bond donors (Lipinski definition) is 2. The fraction of sp³-hybridized carbons (Fsp3) is 0.133. The lowest BCUT2D eigenvalue weighted by molar-refractivity contribution is -0.114. The lowest BCUT2D eigenvalue weighted by atomic mass is 10.1. The maximum Gasteiger partial charge on any atom is 0.281 e. The van der Waals surface area contributed by atoms with Gasteiger partial charge >= 0.3 is 0 Å². The monoisotopic (exact) mass is 379 g/mol. The van der Waals surface area contributed by atoms with Gasteiger partial charge in [-0.1, -0.05) is 12.1 Å². The van der Waals surface area contributed by atoms with Crippen LogP contribution in [0, 0.1) is 0 Å². The normalized spacial score (nSPS) is 11.1. The maximum atomic E-state index is 11.9. The Hall–Kier alpha value is -1.99. The minimum atomic E-state index is -0.245. The number of hydrogen-bond acceptors (Lipinski definition) is 4. The summed E-state index contributed by atoms with van der Waals surface area (Å²) in [5, 5.41) is 6.79. The molecular weight excluding hydrogens is 366 g/mol. The van der Waals surface area contributed by atoms with Crippen molar-refractivity contribution in [2.75, 3.05) is 5.32 Å². The second-order valence-electron chi connectivity index (χ2n) is 4.50. The van der Waals surface area contributed by atoms with E-state index >= 15 is 0 Å². The van der Waals surface area contributed by atoms with Crippen LogP contribution in [-0.2, 0) is 4.79 Å². The van der Waals surface area contributed by atoms with Gasteiger partial charge in [0.15, 0.2) is 0 Å². The third-order valence-electron chi connectivity index (χ3n) is 2.75. The molecule has 0 aliphatic carbocycles. The summed E-state index contributed by atoms with van der Waals surface area (Å²) in [5.41, 5.74) is 4.79. The number of nitrogens with one attached hydrogen (secondary N) is 2. The molecule has 2 amide bonds. The summed E-state index contributed by atoms with van der Waals surface area (Å²) in [6.07, 6.45) is 0. The minimum Gasteiger partial charge on any atom is -0.326 e. The first-order valence-corrected chi connectivity index (χ1v) is 8.04. The van der Waals surface area contributed by atoms with Crippen molar-refractivity contribution in [2.45, 2.75) is 13.8 Å². The third-order valence-corrected chi connectivity index (χ3v) is 4.37. The molecule has 0 bridgehead atoms. The second kappa shape index (κ2) is 7.33. The highest BCUT2D eigenvalue weighted by Gasteiger charge is 2.07. The van der Waals surface area contributed by atoms with Crippen LogP contribution in [0.3, 0.4) is 0 Å². The summed E-state index contributed by atoms with van der Waals surface area (Å²) in [5.74, 6) is -0.363. The molecule has 22 heavy (non-hydrogen) atoms. The van der Waals surface area contributed by atoms with Gasteiger partial charge in [-0.2, -0.15) is 5.10 Å². The number of halogens is 1. The molecule has 0 saturated heterocycles. The van der Waals surface area contributed by atoms with Crippen molar-refractivity contribution in [1.29, 1.82) is 0 Å². The van der Waals surface area contributed by atoms with E-state index in [-0.39, 0.29) is 11.8 Å². The Labute approximate surface area is 140 Å². The molecule has 0 saturated carbocycles. The second-order valence-corrected chi connectivity index (χ2v) is 6.96. The molecule has 0 aliphatic heterocycles. The van der Waals surface area contributed by atoms with Crippen LogP contribution in [0.2, 0.25) is 0 Å². The van der Waals surface area contributed by atoms with Crippen LogP contribution < -0.4 is 10.7 Å². The minimum absolute atomic E-state index is 0.118. The average Bonchev–Trinajstić information content (AvgIpc) is 2.91. The number of nitrogens with zero attached hydrogens (tertiary/aromatic N) is 1. The van der Waals surface area contributed by atoms with Gasteiger partial charge in [0.1, 0.15) is 0 Å². The fourth-order valence-corrected chi connectivity index (χ4v) is 2.96. The van der Waals surface area contributed by atoms with Crippen LogP contribution >= 0.6 is 27.3 Å². The Morgan fingerprint density at radius 1 is 1.09 bits per heavy atom. The van der Waals surface area contributed by atoms with Gasteiger partial charge in [0, 0.05) is 12.6 Å². The maximum absolute atomic E-state index is 11.9. The van der Waals surface area contributed by atoms with Gasteiger partial charge in [-0.25, -0.2) is 5.43 Å². The largest absolute Gasteiger partial charge is 0.326 e. The van der Waals surface area contributed by atoms with Gasteiger partial charge in [-0.3, -0.25) is 9.59 Å². The van der Waals surface area contributed by atoms with E-state index in [4.69, 9.17) is 0 Å². The first kappa shape index (κ1) is 16.4. The van der Waals surface area contributed by atoms with Crippen LogP contribution in [0.15, 0.2) is 45.3 Å². The van der Waals surface area contributed by atoms with Crippen molar-refractivity contribution in [3.63, 3.8) is 0 Å². The van der Waals surface area contributed by atoms with Gasteiger partial charge in [-0.05, 0) is 52.7 Å². The number of rotatable bonds is 4. The standard InChI is InChI=1S/C15H14BrN3O2S/c1-9(11-3-5-12(6-4-11)17-10(2)20)18-19-15(21)13-7-8-14(16)22-13/h3-8H,1-2H3,(H,17,20)(H,19,21)/b18-9-. The number of benzene rings is 1. The van der Waals surface area contributed by atoms with Gasteiger partial charge in [0.2, 0.25) is 5.91 Å². The molecule has 1 heterocycles. The quantitative estimate of drug-likeness (QED) is 0.628. The molecule has 7 heteroatoms. The van der Waals surface area contributed by atoms with Gasteiger partial charge < -0.3 is 5.32 Å². The lowest BCUT2D eigenvalue weighted by Crippen LogP contribution is -2.18. The molecule has 1 aromatic carbocycles. The summed E-state index contributed by atoms with van der Waals surface area (Å²) in [7, 11) is 0. The zero-order valence-corrected chi connectivity index (χ0v) is 14.4. The van der Waals surface area contributed by atoms with Crippen molar-refractivity contribution in [3.05, 3.63) is 50.6 Å². The SMILES string of the molecule is CC(=O)Nc1ccc(/C(C)=N\NC(=O)c2ccc(Br)s2)cc1. The number of carbonyl (C=O) groups is 2. The van der Waals surface area contributed by atoms with E-state index in [9.17, 15) is 9.59 Å². The number of hydrazone groups is 1. The molecule has 0 fully saturated rings. The van der Waals surface area contributed by atoms with Crippen LogP contribution in [0.1, 0.15) is 29.1 Å². The Kier molecular flexibility index (Phi) is 5.46. The van der Waals surface area contributed by atoms with Crippen LogP contribution in [-0.4, -0.2) is 17.5 Å². The van der Waals surface area contributed by atoms with Crippen LogP contribution in [0.4, 0.5) is 5.69 Å². The van der Waals surface area contributed by atoms with Crippen molar-refractivity contribution >= 4 is 50.5 Å². The summed E-state index contributed by atoms with van der Waals surface area (Å²) >= 11 is 4.66. The number of carbonyl (C=O) groups excluding carboxylic acids is 2. The van der Waals surface area contributed by atoms with Gasteiger partial charge in [0.25, 0.3) is 5.91 Å². The Bertz CT molecular complexity index is 723. The molecule has 0 spiro atoms. The zero-order chi connectivity index (χ0) is 16.1. The van der Waals surface area contributed by atoms with Crippen molar-refractivity contribution in [3.8, 4) is 0 Å². The van der Waals surface area contributed by atoms with Gasteiger partial charge in [-0.15, -0.1) is 11.3 Å². The van der Waals surface area contributed by atoms with Crippen LogP contribution in [0.5, 0.6) is 0 Å². The fourth-order valence-electron chi connectivity index (χ4n) is 1.69. The molecule has 2 aromatic rings. The van der Waals surface area contributed by atoms with E-state index in [2.05, 4.69) is 31.8 Å². The van der Waals surface area contributed by atoms with Crippen molar-refractivity contribution in [1.82, 2.24) is 5.43 Å². The van der Waals surface area contributed by atoms with Crippen molar-refractivity contribution < 1.29 is 9.59 Å². The molecule has 2 N–H and O–H groups in total. The van der Waals surface area contributed by atoms with E-state index in [1.165, 1.54) is 18.3 Å². The summed E-state index contributed by atoms with van der Waals surface area (Å²) in [6.45, 7) is 3.26. The van der Waals surface area contributed by atoms with E-state index in [0.29, 0.717) is 10.6 Å². The third kappa shape index (κ3) is 4.51. The molecule has 2 rings (SSSR count). The first-order valence-electron chi connectivity index (χ1n) is 6.43. The topological polar surface area (TPSA) is 70.6 Å². The molecule has 114 valence electrons. The highest BCUT2D eigenvalue weighted by Crippen LogP contribution is 2.21. The summed E-state index contributed by atoms with van der Waals surface area (Å²) in [4.78, 5) is 23.4. The lowest BCUT2D eigenvalue weighted by Gasteiger charge is -2.05. The number of thiophene rings is 1. The highest BCUT2D eigenvalue weighted by molar-refractivity contribution is 9.11. The number of anilines is 1. The van der Waals surface area contributed by atoms with Crippen LogP contribution in [0.25, 0.3) is 0 Å². The molecule has 0 unspecified atom stereocenters. The van der Waals surface area contributed by atoms with Crippen molar-refractivity contribution in [2.24, 2.45) is 5.10 Å². The molecule has 5 nitrogen and oxygen atoms in total. The molecular formula is C15H14BrN3O2S.